The third-order valence-electron chi connectivity index (χ3n) is 4.62. The van der Waals surface area contributed by atoms with Gasteiger partial charge in [0, 0.05) is 13.1 Å². The molecule has 6 heteroatoms. The summed E-state index contributed by atoms with van der Waals surface area (Å²) in [5.74, 6) is -0.652. The molecule has 3 nitrogen and oxygen atoms in total. The zero-order chi connectivity index (χ0) is 14.6. The molecule has 0 amide bonds. The zero-order valence-corrected chi connectivity index (χ0v) is 11.8. The lowest BCUT2D eigenvalue weighted by molar-refractivity contribution is -0.195. The smallest absolute Gasteiger partial charge is 0.370 e. The van der Waals surface area contributed by atoms with Gasteiger partial charge in [0.1, 0.15) is 0 Å². The summed E-state index contributed by atoms with van der Waals surface area (Å²) < 4.78 is 38.8. The topological polar surface area (TPSA) is 50.4 Å². The first-order valence-corrected chi connectivity index (χ1v) is 7.57. The third-order valence-corrected chi connectivity index (χ3v) is 4.62. The molecule has 116 valence electrons. The Balaban J connectivity index is 1.78. The molecular formula is C14H24F3N3. The Hall–Kier alpha value is -0.940. The number of nitrogens with zero attached hydrogens (tertiary/aromatic N) is 1. The predicted molar refractivity (Wildman–Crippen MR) is 73.3 cm³/mol. The molecule has 0 aliphatic heterocycles. The molecule has 0 bridgehead atoms. The van der Waals surface area contributed by atoms with Gasteiger partial charge in [0.05, 0.1) is 5.92 Å². The molecular weight excluding hydrogens is 267 g/mol. The molecule has 2 aliphatic carbocycles. The maximum Gasteiger partial charge on any atom is 0.392 e. The van der Waals surface area contributed by atoms with Crippen LogP contribution in [0.3, 0.4) is 0 Å². The third kappa shape index (κ3) is 4.28. The van der Waals surface area contributed by atoms with Crippen LogP contribution in [0.25, 0.3) is 0 Å². The van der Waals surface area contributed by atoms with Gasteiger partial charge in [0.15, 0.2) is 5.96 Å². The van der Waals surface area contributed by atoms with E-state index in [-0.39, 0.29) is 18.9 Å². The minimum atomic E-state index is -4.09. The normalized spacial score (nSPS) is 29.1. The molecule has 2 atom stereocenters. The van der Waals surface area contributed by atoms with Crippen LogP contribution in [0.15, 0.2) is 4.99 Å². The summed E-state index contributed by atoms with van der Waals surface area (Å²) in [5, 5.41) is 2.89. The molecule has 0 aromatic carbocycles. The summed E-state index contributed by atoms with van der Waals surface area (Å²) in [7, 11) is 0. The maximum absolute atomic E-state index is 12.9. The van der Waals surface area contributed by atoms with Crippen molar-refractivity contribution in [1.82, 2.24) is 5.32 Å². The summed E-state index contributed by atoms with van der Waals surface area (Å²) in [6, 6.07) is 0. The lowest BCUT2D eigenvalue weighted by Gasteiger charge is -2.33. The number of hydrogen-bond donors (Lipinski definition) is 2. The van der Waals surface area contributed by atoms with E-state index < -0.39 is 12.1 Å². The molecule has 0 aromatic heterocycles. The Kier molecular flexibility index (Phi) is 5.16. The van der Waals surface area contributed by atoms with Crippen LogP contribution in [0.4, 0.5) is 13.2 Å². The van der Waals surface area contributed by atoms with Crippen LogP contribution in [0, 0.1) is 17.8 Å². The Bertz CT molecular complexity index is 337. The van der Waals surface area contributed by atoms with Crippen LogP contribution >= 0.6 is 0 Å². The Labute approximate surface area is 118 Å². The van der Waals surface area contributed by atoms with Crippen molar-refractivity contribution in [2.75, 3.05) is 13.1 Å². The number of aliphatic imine (C=N–C) groups is 1. The van der Waals surface area contributed by atoms with Gasteiger partial charge in [-0.3, -0.25) is 4.99 Å². The molecule has 2 fully saturated rings. The molecule has 0 heterocycles. The van der Waals surface area contributed by atoms with Gasteiger partial charge in [0.2, 0.25) is 0 Å². The number of nitrogens with one attached hydrogen (secondary N) is 1. The van der Waals surface area contributed by atoms with E-state index in [1.54, 1.807) is 0 Å². The fraction of sp³-hybridized carbons (Fsp3) is 0.929. The first kappa shape index (κ1) is 15.4. The zero-order valence-electron chi connectivity index (χ0n) is 11.8. The Morgan fingerprint density at radius 2 is 1.80 bits per heavy atom. The number of rotatable bonds is 4. The van der Waals surface area contributed by atoms with E-state index in [0.29, 0.717) is 31.3 Å². The van der Waals surface area contributed by atoms with Crippen molar-refractivity contribution < 1.29 is 13.2 Å². The highest BCUT2D eigenvalue weighted by atomic mass is 19.4. The van der Waals surface area contributed by atoms with Crippen molar-refractivity contribution in [2.45, 2.75) is 51.1 Å². The van der Waals surface area contributed by atoms with Crippen molar-refractivity contribution in [1.29, 1.82) is 0 Å². The molecule has 0 saturated heterocycles. The van der Waals surface area contributed by atoms with Crippen LogP contribution in [-0.2, 0) is 0 Å². The molecule has 2 aliphatic rings. The quantitative estimate of drug-likeness (QED) is 0.618. The SMILES string of the molecule is NC(=NCC1CCC1)NCC1CCCCC1C(F)(F)F. The summed E-state index contributed by atoms with van der Waals surface area (Å²) in [5.41, 5.74) is 5.73. The monoisotopic (exact) mass is 291 g/mol. The summed E-state index contributed by atoms with van der Waals surface area (Å²) in [4.78, 5) is 4.22. The summed E-state index contributed by atoms with van der Waals surface area (Å²) >= 11 is 0. The second kappa shape index (κ2) is 6.68. The highest BCUT2D eigenvalue weighted by Gasteiger charge is 2.45. The largest absolute Gasteiger partial charge is 0.392 e. The van der Waals surface area contributed by atoms with Gasteiger partial charge in [-0.05, 0) is 37.5 Å². The van der Waals surface area contributed by atoms with Gasteiger partial charge in [-0.2, -0.15) is 13.2 Å². The standard InChI is InChI=1S/C14H24F3N3/c15-14(16,17)12-7-2-1-6-11(12)9-20-13(18)19-8-10-4-3-5-10/h10-12H,1-9H2,(H3,18,19,20). The minimum absolute atomic E-state index is 0.245. The highest BCUT2D eigenvalue weighted by molar-refractivity contribution is 5.77. The van der Waals surface area contributed by atoms with Crippen LogP contribution in [0.2, 0.25) is 0 Å². The molecule has 0 aromatic rings. The second-order valence-corrected chi connectivity index (χ2v) is 6.10. The summed E-state index contributed by atoms with van der Waals surface area (Å²) in [6.07, 6.45) is 1.95. The number of halogens is 3. The van der Waals surface area contributed by atoms with Gasteiger partial charge in [-0.1, -0.05) is 19.3 Å². The van der Waals surface area contributed by atoms with Crippen LogP contribution in [0.1, 0.15) is 44.9 Å². The van der Waals surface area contributed by atoms with Gasteiger partial charge >= 0.3 is 6.18 Å². The molecule has 2 saturated carbocycles. The van der Waals surface area contributed by atoms with Gasteiger partial charge < -0.3 is 11.1 Å². The first-order chi connectivity index (χ1) is 9.47. The van der Waals surface area contributed by atoms with Gasteiger partial charge in [0.25, 0.3) is 0 Å². The van der Waals surface area contributed by atoms with E-state index >= 15 is 0 Å². The Morgan fingerprint density at radius 3 is 2.40 bits per heavy atom. The number of nitrogens with two attached hydrogens (primary N) is 1. The van der Waals surface area contributed by atoms with Crippen molar-refractivity contribution >= 4 is 5.96 Å². The number of guanidine groups is 1. The highest BCUT2D eigenvalue weighted by Crippen LogP contribution is 2.41. The van der Waals surface area contributed by atoms with E-state index in [1.165, 1.54) is 19.3 Å². The van der Waals surface area contributed by atoms with E-state index in [0.717, 1.165) is 6.42 Å². The molecule has 2 rings (SSSR count). The maximum atomic E-state index is 12.9. The summed E-state index contributed by atoms with van der Waals surface area (Å²) in [6.45, 7) is 0.983. The van der Waals surface area contributed by atoms with E-state index in [2.05, 4.69) is 10.3 Å². The van der Waals surface area contributed by atoms with Crippen LogP contribution in [0.5, 0.6) is 0 Å². The van der Waals surface area contributed by atoms with Crippen molar-refractivity contribution in [3.63, 3.8) is 0 Å². The minimum Gasteiger partial charge on any atom is -0.370 e. The van der Waals surface area contributed by atoms with Gasteiger partial charge in [-0.25, -0.2) is 0 Å². The predicted octanol–water partition coefficient (Wildman–Crippen LogP) is 3.06. The Morgan fingerprint density at radius 1 is 1.10 bits per heavy atom. The number of alkyl halides is 3. The second-order valence-electron chi connectivity index (χ2n) is 6.10. The fourth-order valence-electron chi connectivity index (χ4n) is 3.08. The average molecular weight is 291 g/mol. The van der Waals surface area contributed by atoms with Crippen LogP contribution < -0.4 is 11.1 Å². The molecule has 0 spiro atoms. The molecule has 2 unspecified atom stereocenters. The van der Waals surface area contributed by atoms with Crippen molar-refractivity contribution in [2.24, 2.45) is 28.5 Å². The van der Waals surface area contributed by atoms with E-state index in [1.807, 2.05) is 0 Å². The van der Waals surface area contributed by atoms with Crippen molar-refractivity contribution in [3.8, 4) is 0 Å². The van der Waals surface area contributed by atoms with E-state index in [9.17, 15) is 13.2 Å². The fourth-order valence-corrected chi connectivity index (χ4v) is 3.08. The first-order valence-electron chi connectivity index (χ1n) is 7.57. The average Bonchev–Trinajstić information content (AvgIpc) is 2.34. The molecule has 0 radical (unpaired) electrons. The molecule has 20 heavy (non-hydrogen) atoms. The lowest BCUT2D eigenvalue weighted by atomic mass is 9.79. The lowest BCUT2D eigenvalue weighted by Crippen LogP contribution is -2.42. The van der Waals surface area contributed by atoms with Gasteiger partial charge in [-0.15, -0.1) is 0 Å². The number of hydrogen-bond acceptors (Lipinski definition) is 1. The van der Waals surface area contributed by atoms with Crippen molar-refractivity contribution in [3.05, 3.63) is 0 Å². The van der Waals surface area contributed by atoms with E-state index in [4.69, 9.17) is 5.73 Å². The molecule has 3 N–H and O–H groups in total. The van der Waals surface area contributed by atoms with Crippen LogP contribution in [-0.4, -0.2) is 25.2 Å².